The van der Waals surface area contributed by atoms with E-state index < -0.39 is 11.8 Å². The summed E-state index contributed by atoms with van der Waals surface area (Å²) in [4.78, 5) is 19.9. The van der Waals surface area contributed by atoms with E-state index in [1.54, 1.807) is 13.1 Å². The number of ether oxygens (including phenoxy) is 3. The topological polar surface area (TPSA) is 111 Å². The third kappa shape index (κ3) is 5.71. The van der Waals surface area contributed by atoms with Crippen LogP contribution >= 0.6 is 22.9 Å². The van der Waals surface area contributed by atoms with Gasteiger partial charge in [-0.1, -0.05) is 17.5 Å². The molecule has 1 N–H and O–H groups in total. The number of terminal acetylenes is 1. The molecule has 4 saturated heterocycles. The van der Waals surface area contributed by atoms with E-state index >= 15 is 0 Å². The highest BCUT2D eigenvalue weighted by atomic mass is 35.5. The van der Waals surface area contributed by atoms with Crippen LogP contribution in [0.1, 0.15) is 57.2 Å². The Hall–Kier alpha value is -3.64. The smallest absolute Gasteiger partial charge is 0.319 e. The Morgan fingerprint density at radius 1 is 1.22 bits per heavy atom. The van der Waals surface area contributed by atoms with E-state index in [1.165, 1.54) is 11.3 Å². The number of benzene rings is 1. The summed E-state index contributed by atoms with van der Waals surface area (Å²) in [6.45, 7) is 5.49. The molecule has 8 heterocycles. The van der Waals surface area contributed by atoms with Crippen LogP contribution in [-0.2, 0) is 9.47 Å². The van der Waals surface area contributed by atoms with Gasteiger partial charge in [0.05, 0.1) is 63.4 Å². The zero-order valence-electron chi connectivity index (χ0n) is 28.4. The molecule has 0 aliphatic carbocycles. The minimum atomic E-state index is -1.10. The van der Waals surface area contributed by atoms with Crippen molar-refractivity contribution in [2.75, 3.05) is 57.5 Å². The predicted molar refractivity (Wildman–Crippen MR) is 195 cm³/mol. The normalized spacial score (nSPS) is 27.3. The Bertz CT molecular complexity index is 2200. The number of pyridine rings is 1. The van der Waals surface area contributed by atoms with Crippen LogP contribution in [0.4, 0.5) is 10.2 Å². The SMILES string of the molecule is C#Cc1c(Cl)cc2c(cnn2C2CCCCO2)c1-c1nccc2c1sc1nc(OC[C@@]34CCCN3C[C@H](F)C4)nc(N3CCOC[C@@](C)(O)C3)c12. The molecule has 4 aliphatic rings. The molecule has 0 saturated carbocycles. The van der Waals surface area contributed by atoms with Gasteiger partial charge >= 0.3 is 6.01 Å². The van der Waals surface area contributed by atoms with Crippen LogP contribution in [0, 0.1) is 12.3 Å². The van der Waals surface area contributed by atoms with Crippen LogP contribution < -0.4 is 9.64 Å². The number of alkyl halides is 1. The zero-order valence-corrected chi connectivity index (χ0v) is 30.0. The van der Waals surface area contributed by atoms with Crippen molar-refractivity contribution in [1.82, 2.24) is 29.6 Å². The number of hydrogen-bond donors (Lipinski definition) is 1. The minimum absolute atomic E-state index is 0.188. The maximum atomic E-state index is 14.6. The van der Waals surface area contributed by atoms with Crippen molar-refractivity contribution in [1.29, 1.82) is 0 Å². The summed E-state index contributed by atoms with van der Waals surface area (Å²) < 4.78 is 35.7. The van der Waals surface area contributed by atoms with Crippen molar-refractivity contribution in [3.8, 4) is 29.6 Å². The van der Waals surface area contributed by atoms with Crippen molar-refractivity contribution in [2.45, 2.75) is 69.0 Å². The van der Waals surface area contributed by atoms with Gasteiger partial charge in [0, 0.05) is 48.6 Å². The first-order valence-electron chi connectivity index (χ1n) is 17.7. The molecule has 14 heteroatoms. The first-order valence-corrected chi connectivity index (χ1v) is 18.9. The first kappa shape index (κ1) is 33.2. The fourth-order valence-corrected chi connectivity index (χ4v) is 9.96. The molecule has 9 rings (SSSR count). The summed E-state index contributed by atoms with van der Waals surface area (Å²) in [7, 11) is 0. The molecule has 0 amide bonds. The van der Waals surface area contributed by atoms with Gasteiger partial charge in [0.1, 0.15) is 29.0 Å². The Morgan fingerprint density at radius 2 is 2.12 bits per heavy atom. The Balaban J connectivity index is 1.21. The maximum Gasteiger partial charge on any atom is 0.319 e. The molecule has 1 aromatic carbocycles. The predicted octanol–water partition coefficient (Wildman–Crippen LogP) is 6.13. The van der Waals surface area contributed by atoms with Crippen molar-refractivity contribution in [3.63, 3.8) is 0 Å². The number of thiophene rings is 1. The van der Waals surface area contributed by atoms with Gasteiger partial charge in [-0.3, -0.25) is 9.88 Å². The van der Waals surface area contributed by atoms with Gasteiger partial charge in [-0.15, -0.1) is 17.8 Å². The molecule has 4 atom stereocenters. The molecule has 0 radical (unpaired) electrons. The van der Waals surface area contributed by atoms with Crippen molar-refractivity contribution < 1.29 is 23.7 Å². The van der Waals surface area contributed by atoms with Crippen LogP contribution in [0.2, 0.25) is 5.02 Å². The number of hydrogen-bond acceptors (Lipinski definition) is 11. The summed E-state index contributed by atoms with van der Waals surface area (Å²) >= 11 is 8.40. The fourth-order valence-electron chi connectivity index (χ4n) is 8.55. The van der Waals surface area contributed by atoms with E-state index in [0.29, 0.717) is 72.8 Å². The zero-order chi connectivity index (χ0) is 34.9. The third-order valence-corrected chi connectivity index (χ3v) is 12.3. The van der Waals surface area contributed by atoms with E-state index in [1.807, 2.05) is 27.9 Å². The van der Waals surface area contributed by atoms with E-state index in [4.69, 9.17) is 52.3 Å². The number of rotatable bonds is 6. The van der Waals surface area contributed by atoms with Crippen molar-refractivity contribution >= 4 is 60.0 Å². The number of aliphatic hydroxyl groups is 1. The van der Waals surface area contributed by atoms with Gasteiger partial charge in [-0.2, -0.15) is 15.1 Å². The standard InChI is InChI=1S/C37H39ClFN7O4S/c1-3-23-26(38)15-27-25(17-41-46(27)28-7-4-5-13-49-28)29(23)31-32-24(8-10-40-31)30-33(44-12-14-48-20-36(2,47)19-44)42-35(43-34(30)51-32)50-21-37-9-6-11-45(37)18-22(39)16-37/h1,8,10,15,17,22,28,47H,4-7,9,11-14,16,18-21H2,2H3/t22-,28?,36+,37+/m1/s1. The van der Waals surface area contributed by atoms with Crippen LogP contribution in [-0.4, -0.2) is 105 Å². The highest BCUT2D eigenvalue weighted by Crippen LogP contribution is 2.46. The van der Waals surface area contributed by atoms with Crippen molar-refractivity contribution in [3.05, 3.63) is 35.1 Å². The molecule has 5 aromatic rings. The molecule has 266 valence electrons. The summed E-state index contributed by atoms with van der Waals surface area (Å²) in [6, 6.07) is 4.05. The number of fused-ring (bicyclic) bond motifs is 5. The van der Waals surface area contributed by atoms with E-state index in [2.05, 4.69) is 10.8 Å². The largest absolute Gasteiger partial charge is 0.461 e. The molecular formula is C37H39ClFN7O4S. The fraction of sp³-hybridized carbons (Fsp3) is 0.514. The number of halogens is 2. The molecule has 4 aromatic heterocycles. The Kier molecular flexibility index (Phi) is 8.33. The second kappa shape index (κ2) is 12.8. The summed E-state index contributed by atoms with van der Waals surface area (Å²) in [6.07, 6.45) is 14.0. The van der Waals surface area contributed by atoms with Gasteiger partial charge in [-0.05, 0) is 57.7 Å². The molecule has 4 aliphatic heterocycles. The molecule has 4 fully saturated rings. The average molecular weight is 732 g/mol. The van der Waals surface area contributed by atoms with Crippen LogP contribution in [0.5, 0.6) is 6.01 Å². The number of aromatic nitrogens is 5. The molecular weight excluding hydrogens is 693 g/mol. The van der Waals surface area contributed by atoms with Crippen LogP contribution in [0.15, 0.2) is 24.5 Å². The lowest BCUT2D eigenvalue weighted by molar-refractivity contribution is -0.0366. The van der Waals surface area contributed by atoms with E-state index in [9.17, 15) is 9.50 Å². The lowest BCUT2D eigenvalue weighted by Gasteiger charge is -2.31. The lowest BCUT2D eigenvalue weighted by Crippen LogP contribution is -2.43. The van der Waals surface area contributed by atoms with E-state index in [0.717, 1.165) is 70.6 Å². The summed E-state index contributed by atoms with van der Waals surface area (Å²) in [5.74, 6) is 3.46. The quantitative estimate of drug-likeness (QED) is 0.205. The number of β-amino-alcohol motifs (C(OH)–C–C–N with tert-alkyl or cyclic N) is 1. The van der Waals surface area contributed by atoms with Crippen LogP contribution in [0.25, 0.3) is 42.5 Å². The Labute approximate surface area is 303 Å². The van der Waals surface area contributed by atoms with Crippen LogP contribution in [0.3, 0.4) is 0 Å². The minimum Gasteiger partial charge on any atom is -0.461 e. The van der Waals surface area contributed by atoms with E-state index in [-0.39, 0.29) is 24.4 Å². The van der Waals surface area contributed by atoms with Gasteiger partial charge in [0.25, 0.3) is 0 Å². The van der Waals surface area contributed by atoms with Gasteiger partial charge in [0.2, 0.25) is 0 Å². The molecule has 0 spiro atoms. The van der Waals surface area contributed by atoms with Gasteiger partial charge < -0.3 is 24.2 Å². The monoisotopic (exact) mass is 731 g/mol. The molecule has 1 unspecified atom stereocenters. The Morgan fingerprint density at radius 3 is 2.96 bits per heavy atom. The lowest BCUT2D eigenvalue weighted by atomic mass is 9.95. The number of nitrogens with zero attached hydrogens (tertiary/aromatic N) is 7. The number of anilines is 1. The first-order chi connectivity index (χ1) is 24.7. The summed E-state index contributed by atoms with van der Waals surface area (Å²) in [5, 5.41) is 18.9. The van der Waals surface area contributed by atoms with Gasteiger partial charge in [0.15, 0.2) is 6.23 Å². The summed E-state index contributed by atoms with van der Waals surface area (Å²) in [5.41, 5.74) is 1.29. The van der Waals surface area contributed by atoms with Crippen molar-refractivity contribution in [2.24, 2.45) is 0 Å². The van der Waals surface area contributed by atoms with Gasteiger partial charge in [-0.25, -0.2) is 9.07 Å². The molecule has 0 bridgehead atoms. The average Bonchev–Trinajstić information content (AvgIpc) is 3.86. The second-order valence-corrected chi connectivity index (χ2v) is 16.0. The third-order valence-electron chi connectivity index (χ3n) is 10.9. The maximum absolute atomic E-state index is 14.6. The highest BCUT2D eigenvalue weighted by molar-refractivity contribution is 7.26. The second-order valence-electron chi connectivity index (χ2n) is 14.6. The molecule has 11 nitrogen and oxygen atoms in total. The highest BCUT2D eigenvalue weighted by Gasteiger charge is 2.49. The molecule has 51 heavy (non-hydrogen) atoms.